The highest BCUT2D eigenvalue weighted by atomic mass is 32.1. The highest BCUT2D eigenvalue weighted by molar-refractivity contribution is 7.18. The Kier molecular flexibility index (Phi) is 6.44. The number of nitrogens with two attached hydrogens (primary N) is 1. The van der Waals surface area contributed by atoms with Gasteiger partial charge in [-0.3, -0.25) is 4.79 Å². The minimum absolute atomic E-state index is 0.0894. The Morgan fingerprint density at radius 3 is 2.74 bits per heavy atom. The lowest BCUT2D eigenvalue weighted by Gasteiger charge is -2.23. The predicted octanol–water partition coefficient (Wildman–Crippen LogP) is 2.53. The van der Waals surface area contributed by atoms with Gasteiger partial charge in [0, 0.05) is 24.6 Å². The van der Waals surface area contributed by atoms with E-state index in [1.54, 1.807) is 13.2 Å². The van der Waals surface area contributed by atoms with Gasteiger partial charge in [0.15, 0.2) is 0 Å². The number of primary amides is 1. The van der Waals surface area contributed by atoms with Crippen LogP contribution in [0.15, 0.2) is 30.3 Å². The van der Waals surface area contributed by atoms with Gasteiger partial charge in [-0.1, -0.05) is 24.3 Å². The van der Waals surface area contributed by atoms with Crippen LogP contribution in [0.2, 0.25) is 0 Å². The molecule has 2 heterocycles. The molecule has 2 aromatic rings. The fourth-order valence-electron chi connectivity index (χ4n) is 3.09. The Labute approximate surface area is 162 Å². The highest BCUT2D eigenvalue weighted by Gasteiger charge is 2.22. The van der Waals surface area contributed by atoms with Crippen LogP contribution in [0.5, 0.6) is 0 Å². The summed E-state index contributed by atoms with van der Waals surface area (Å²) in [7, 11) is 1.65. The van der Waals surface area contributed by atoms with Crippen molar-refractivity contribution in [1.29, 1.82) is 0 Å². The number of ether oxygens (including phenoxy) is 1. The SMILES string of the molecule is COCc1ccc(-c2cc(NC(N)=O)c(C(=O)N[C@H]3CCCNC3)s2)cc1. The molecule has 1 aromatic carbocycles. The van der Waals surface area contributed by atoms with Crippen LogP contribution in [0.25, 0.3) is 10.4 Å². The third kappa shape index (κ3) is 5.06. The number of carbonyl (C=O) groups excluding carboxylic acids is 2. The van der Waals surface area contributed by atoms with E-state index in [1.165, 1.54) is 11.3 Å². The second kappa shape index (κ2) is 8.98. The number of urea groups is 1. The average molecular weight is 388 g/mol. The zero-order valence-electron chi connectivity index (χ0n) is 15.2. The molecule has 7 nitrogen and oxygen atoms in total. The highest BCUT2D eigenvalue weighted by Crippen LogP contribution is 2.35. The van der Waals surface area contributed by atoms with E-state index in [4.69, 9.17) is 10.5 Å². The quantitative estimate of drug-likeness (QED) is 0.610. The van der Waals surface area contributed by atoms with Crippen molar-refractivity contribution in [1.82, 2.24) is 10.6 Å². The number of methoxy groups -OCH3 is 1. The standard InChI is InChI=1S/C19H24N4O3S/c1-26-11-12-4-6-13(7-5-12)16-9-15(23-19(20)25)17(27-16)18(24)22-14-3-2-8-21-10-14/h4-7,9,14,21H,2-3,8,10-11H2,1H3,(H,22,24)(H3,20,23,25)/t14-/m0/s1. The molecule has 0 saturated carbocycles. The van der Waals surface area contributed by atoms with E-state index in [0.29, 0.717) is 17.2 Å². The number of rotatable bonds is 6. The average Bonchev–Trinajstić information content (AvgIpc) is 3.06. The molecule has 1 aliphatic rings. The lowest BCUT2D eigenvalue weighted by Crippen LogP contribution is -2.45. The van der Waals surface area contributed by atoms with E-state index < -0.39 is 6.03 Å². The van der Waals surface area contributed by atoms with Crippen LogP contribution >= 0.6 is 11.3 Å². The number of amides is 3. The molecule has 27 heavy (non-hydrogen) atoms. The number of anilines is 1. The molecular formula is C19H24N4O3S. The first-order chi connectivity index (χ1) is 13.1. The fourth-order valence-corrected chi connectivity index (χ4v) is 4.11. The van der Waals surface area contributed by atoms with E-state index >= 15 is 0 Å². The van der Waals surface area contributed by atoms with Crippen molar-refractivity contribution in [3.8, 4) is 10.4 Å². The Hall–Kier alpha value is -2.42. The summed E-state index contributed by atoms with van der Waals surface area (Å²) in [4.78, 5) is 25.5. The van der Waals surface area contributed by atoms with E-state index in [2.05, 4.69) is 16.0 Å². The minimum Gasteiger partial charge on any atom is -0.380 e. The number of thiophene rings is 1. The minimum atomic E-state index is -0.692. The topological polar surface area (TPSA) is 105 Å². The van der Waals surface area contributed by atoms with Crippen molar-refractivity contribution < 1.29 is 14.3 Å². The van der Waals surface area contributed by atoms with Crippen LogP contribution in [0, 0.1) is 0 Å². The normalized spacial score (nSPS) is 16.7. The fraction of sp³-hybridized carbons (Fsp3) is 0.368. The van der Waals surface area contributed by atoms with Crippen molar-refractivity contribution in [2.45, 2.75) is 25.5 Å². The summed E-state index contributed by atoms with van der Waals surface area (Å²) in [6, 6.07) is 9.09. The summed E-state index contributed by atoms with van der Waals surface area (Å²) >= 11 is 1.34. The third-order valence-electron chi connectivity index (χ3n) is 4.38. The van der Waals surface area contributed by atoms with E-state index in [9.17, 15) is 9.59 Å². The van der Waals surface area contributed by atoms with Crippen molar-refractivity contribution in [3.63, 3.8) is 0 Å². The van der Waals surface area contributed by atoms with Gasteiger partial charge in [0.05, 0.1) is 12.3 Å². The van der Waals surface area contributed by atoms with Gasteiger partial charge in [0.2, 0.25) is 0 Å². The Morgan fingerprint density at radius 1 is 1.33 bits per heavy atom. The summed E-state index contributed by atoms with van der Waals surface area (Å²) < 4.78 is 5.13. The second-order valence-electron chi connectivity index (χ2n) is 6.49. The molecule has 0 radical (unpaired) electrons. The Balaban J connectivity index is 1.83. The second-order valence-corrected chi connectivity index (χ2v) is 7.54. The summed E-state index contributed by atoms with van der Waals surface area (Å²) in [5.41, 5.74) is 7.74. The Morgan fingerprint density at radius 2 is 2.11 bits per heavy atom. The molecule has 0 spiro atoms. The third-order valence-corrected chi connectivity index (χ3v) is 5.56. The number of hydrogen-bond donors (Lipinski definition) is 4. The number of benzene rings is 1. The van der Waals surface area contributed by atoms with Gasteiger partial charge in [-0.15, -0.1) is 11.3 Å². The number of nitrogens with one attached hydrogen (secondary N) is 3. The van der Waals surface area contributed by atoms with Gasteiger partial charge in [-0.2, -0.15) is 0 Å². The summed E-state index contributed by atoms with van der Waals surface area (Å²) in [6.45, 7) is 2.27. The van der Waals surface area contributed by atoms with Crippen molar-refractivity contribution >= 4 is 29.0 Å². The number of piperidine rings is 1. The lowest BCUT2D eigenvalue weighted by atomic mass is 10.1. The van der Waals surface area contributed by atoms with Crippen LogP contribution in [-0.2, 0) is 11.3 Å². The molecule has 1 atom stereocenters. The maximum Gasteiger partial charge on any atom is 0.316 e. The molecule has 0 unspecified atom stereocenters. The molecule has 1 fully saturated rings. The van der Waals surface area contributed by atoms with Crippen LogP contribution in [-0.4, -0.2) is 38.2 Å². The molecule has 0 bridgehead atoms. The van der Waals surface area contributed by atoms with Gasteiger partial charge in [0.25, 0.3) is 5.91 Å². The molecule has 3 amide bonds. The van der Waals surface area contributed by atoms with Gasteiger partial charge >= 0.3 is 6.03 Å². The largest absolute Gasteiger partial charge is 0.380 e. The molecule has 1 saturated heterocycles. The molecular weight excluding hydrogens is 364 g/mol. The lowest BCUT2D eigenvalue weighted by molar-refractivity contribution is 0.0935. The van der Waals surface area contributed by atoms with Crippen LogP contribution in [0.4, 0.5) is 10.5 Å². The molecule has 5 N–H and O–H groups in total. The molecule has 3 rings (SSSR count). The van der Waals surface area contributed by atoms with Gasteiger partial charge in [-0.05, 0) is 36.6 Å². The number of carbonyl (C=O) groups is 2. The first-order valence-corrected chi connectivity index (χ1v) is 9.68. The van der Waals surface area contributed by atoms with Crippen LogP contribution in [0.1, 0.15) is 28.1 Å². The maximum atomic E-state index is 12.8. The predicted molar refractivity (Wildman–Crippen MR) is 107 cm³/mol. The van der Waals surface area contributed by atoms with Crippen molar-refractivity contribution in [3.05, 3.63) is 40.8 Å². The zero-order chi connectivity index (χ0) is 19.2. The van der Waals surface area contributed by atoms with Crippen LogP contribution in [0.3, 0.4) is 0 Å². The monoisotopic (exact) mass is 388 g/mol. The molecule has 0 aliphatic carbocycles. The van der Waals surface area contributed by atoms with Crippen molar-refractivity contribution in [2.24, 2.45) is 5.73 Å². The van der Waals surface area contributed by atoms with E-state index in [0.717, 1.165) is 41.9 Å². The molecule has 1 aliphatic heterocycles. The summed E-state index contributed by atoms with van der Waals surface area (Å²) in [5, 5.41) is 8.88. The van der Waals surface area contributed by atoms with Crippen molar-refractivity contribution in [2.75, 3.05) is 25.5 Å². The Bertz CT molecular complexity index is 798. The summed E-state index contributed by atoms with van der Waals surface area (Å²) in [5.74, 6) is -0.195. The molecule has 144 valence electrons. The van der Waals surface area contributed by atoms with Crippen LogP contribution < -0.4 is 21.7 Å². The summed E-state index contributed by atoms with van der Waals surface area (Å²) in [6.07, 6.45) is 1.97. The number of hydrogen-bond acceptors (Lipinski definition) is 5. The van der Waals surface area contributed by atoms with E-state index in [1.807, 2.05) is 24.3 Å². The van der Waals surface area contributed by atoms with E-state index in [-0.39, 0.29) is 11.9 Å². The van der Waals surface area contributed by atoms with Gasteiger partial charge < -0.3 is 26.4 Å². The first-order valence-electron chi connectivity index (χ1n) is 8.87. The maximum absolute atomic E-state index is 12.8. The van der Waals surface area contributed by atoms with Gasteiger partial charge in [-0.25, -0.2) is 4.79 Å². The van der Waals surface area contributed by atoms with Gasteiger partial charge in [0.1, 0.15) is 4.88 Å². The zero-order valence-corrected chi connectivity index (χ0v) is 16.0. The first kappa shape index (κ1) is 19.3. The smallest absolute Gasteiger partial charge is 0.316 e. The molecule has 1 aromatic heterocycles. The molecule has 8 heteroatoms.